The number of nitrogens with zero attached hydrogens (tertiary/aromatic N) is 4. The molecule has 0 atom stereocenters. The zero-order valence-electron chi connectivity index (χ0n) is 10.4. The second-order valence-corrected chi connectivity index (χ2v) is 4.47. The van der Waals surface area contributed by atoms with E-state index in [4.69, 9.17) is 5.26 Å². The van der Waals surface area contributed by atoms with Gasteiger partial charge >= 0.3 is 5.69 Å². The third-order valence-corrected chi connectivity index (χ3v) is 2.79. The third kappa shape index (κ3) is 2.55. The zero-order valence-corrected chi connectivity index (χ0v) is 10.4. The first kappa shape index (κ1) is 13.9. The summed E-state index contributed by atoms with van der Waals surface area (Å²) in [7, 11) is 1.61. The Hall–Kier alpha value is -2.20. The van der Waals surface area contributed by atoms with Gasteiger partial charge < -0.3 is 10.0 Å². The number of nitro groups is 1. The van der Waals surface area contributed by atoms with Crippen LogP contribution < -0.4 is 4.90 Å². The summed E-state index contributed by atoms with van der Waals surface area (Å²) in [4.78, 5) is 15.8. The van der Waals surface area contributed by atoms with Crippen LogP contribution in [0, 0.1) is 21.4 Å². The molecule has 0 aliphatic rings. The monoisotopic (exact) mass is 250 g/mol. The maximum Gasteiger partial charge on any atom is 0.312 e. The Balaban J connectivity index is 3.33. The molecule has 7 heteroatoms. The molecule has 0 saturated heterocycles. The molecule has 0 amide bonds. The summed E-state index contributed by atoms with van der Waals surface area (Å²) in [5, 5.41) is 29.0. The average molecular weight is 250 g/mol. The molecule has 1 heterocycles. The van der Waals surface area contributed by atoms with Gasteiger partial charge in [-0.1, -0.05) is 0 Å². The molecule has 0 aliphatic carbocycles. The van der Waals surface area contributed by atoms with E-state index in [0.717, 1.165) is 0 Å². The number of pyridine rings is 1. The summed E-state index contributed by atoms with van der Waals surface area (Å²) in [6.45, 7) is 3.29. The van der Waals surface area contributed by atoms with E-state index in [1.165, 1.54) is 17.2 Å². The van der Waals surface area contributed by atoms with Gasteiger partial charge in [-0.3, -0.25) is 10.1 Å². The van der Waals surface area contributed by atoms with Gasteiger partial charge in [-0.15, -0.1) is 0 Å². The van der Waals surface area contributed by atoms with Crippen molar-refractivity contribution in [1.29, 1.82) is 5.26 Å². The Bertz CT molecular complexity index is 508. The molecule has 1 rings (SSSR count). The number of anilines is 1. The van der Waals surface area contributed by atoms with E-state index in [2.05, 4.69) is 4.98 Å². The van der Waals surface area contributed by atoms with Gasteiger partial charge in [0.15, 0.2) is 0 Å². The van der Waals surface area contributed by atoms with Crippen molar-refractivity contribution in [3.8, 4) is 6.07 Å². The van der Waals surface area contributed by atoms with Crippen LogP contribution in [0.3, 0.4) is 0 Å². The molecule has 0 aliphatic heterocycles. The highest BCUT2D eigenvalue weighted by molar-refractivity contribution is 5.60. The lowest BCUT2D eigenvalue weighted by Gasteiger charge is -2.34. The molecule has 0 radical (unpaired) electrons. The predicted octanol–water partition coefficient (Wildman–Crippen LogP) is 1.07. The van der Waals surface area contributed by atoms with E-state index in [1.807, 2.05) is 0 Å². The largest absolute Gasteiger partial charge is 0.394 e. The van der Waals surface area contributed by atoms with Gasteiger partial charge in [-0.25, -0.2) is 4.98 Å². The van der Waals surface area contributed by atoms with Crippen LogP contribution in [0.15, 0.2) is 12.3 Å². The minimum absolute atomic E-state index is 0.123. The van der Waals surface area contributed by atoms with Gasteiger partial charge in [0.25, 0.3) is 0 Å². The molecule has 1 aromatic rings. The molecule has 0 spiro atoms. The second kappa shape index (κ2) is 4.98. The van der Waals surface area contributed by atoms with Gasteiger partial charge in [0.1, 0.15) is 6.07 Å². The lowest BCUT2D eigenvalue weighted by Crippen LogP contribution is -2.45. The van der Waals surface area contributed by atoms with Gasteiger partial charge in [0, 0.05) is 19.3 Å². The molecule has 0 bridgehead atoms. The number of aliphatic hydroxyl groups is 1. The zero-order chi connectivity index (χ0) is 13.9. The van der Waals surface area contributed by atoms with E-state index in [9.17, 15) is 15.2 Å². The number of aliphatic hydroxyl groups excluding tert-OH is 1. The standard InChI is InChI=1S/C11H14N4O3/c1-11(2,7-16)14(3)10-9(15(17)18)4-8(5-12)6-13-10/h4,6,16H,7H2,1-3H3. The van der Waals surface area contributed by atoms with Crippen molar-refractivity contribution in [2.75, 3.05) is 18.6 Å². The molecule has 1 N–H and O–H groups in total. The first-order valence-corrected chi connectivity index (χ1v) is 5.22. The van der Waals surface area contributed by atoms with E-state index >= 15 is 0 Å². The summed E-state index contributed by atoms with van der Waals surface area (Å²) >= 11 is 0. The molecule has 18 heavy (non-hydrogen) atoms. The molecule has 7 nitrogen and oxygen atoms in total. The number of aromatic nitrogens is 1. The van der Waals surface area contributed by atoms with Crippen molar-refractivity contribution in [2.45, 2.75) is 19.4 Å². The molecule has 0 unspecified atom stereocenters. The highest BCUT2D eigenvalue weighted by Gasteiger charge is 2.29. The first-order chi connectivity index (χ1) is 8.33. The Labute approximate surface area is 104 Å². The highest BCUT2D eigenvalue weighted by atomic mass is 16.6. The summed E-state index contributed by atoms with van der Waals surface area (Å²) < 4.78 is 0. The maximum absolute atomic E-state index is 11.0. The van der Waals surface area contributed by atoms with Crippen LogP contribution in [0.25, 0.3) is 0 Å². The Morgan fingerprint density at radius 1 is 1.67 bits per heavy atom. The normalized spacial score (nSPS) is 10.8. The lowest BCUT2D eigenvalue weighted by molar-refractivity contribution is -0.384. The van der Waals surface area contributed by atoms with Gasteiger partial charge in [-0.2, -0.15) is 5.26 Å². The fourth-order valence-corrected chi connectivity index (χ4v) is 1.29. The summed E-state index contributed by atoms with van der Waals surface area (Å²) in [6, 6.07) is 2.98. The highest BCUT2D eigenvalue weighted by Crippen LogP contribution is 2.29. The first-order valence-electron chi connectivity index (χ1n) is 5.22. The topological polar surface area (TPSA) is 103 Å². The molecule has 0 fully saturated rings. The van der Waals surface area contributed by atoms with Crippen molar-refractivity contribution < 1.29 is 10.0 Å². The predicted molar refractivity (Wildman–Crippen MR) is 65.2 cm³/mol. The van der Waals surface area contributed by atoms with E-state index in [0.29, 0.717) is 0 Å². The number of likely N-dealkylation sites (N-methyl/N-ethyl adjacent to an activating group) is 1. The average Bonchev–Trinajstić information content (AvgIpc) is 2.36. The van der Waals surface area contributed by atoms with E-state index in [-0.39, 0.29) is 23.7 Å². The van der Waals surface area contributed by atoms with Crippen molar-refractivity contribution in [3.63, 3.8) is 0 Å². The van der Waals surface area contributed by atoms with Crippen molar-refractivity contribution in [2.24, 2.45) is 0 Å². The third-order valence-electron chi connectivity index (χ3n) is 2.79. The van der Waals surface area contributed by atoms with Crippen molar-refractivity contribution >= 4 is 11.5 Å². The summed E-state index contributed by atoms with van der Waals surface area (Å²) in [5.74, 6) is 0.123. The van der Waals surface area contributed by atoms with Crippen LogP contribution in [0.5, 0.6) is 0 Å². The Kier molecular flexibility index (Phi) is 3.83. The fraction of sp³-hybridized carbons (Fsp3) is 0.455. The minimum Gasteiger partial charge on any atom is -0.394 e. The minimum atomic E-state index is -0.689. The van der Waals surface area contributed by atoms with Crippen molar-refractivity contribution in [1.82, 2.24) is 4.98 Å². The smallest absolute Gasteiger partial charge is 0.312 e. The molecular formula is C11H14N4O3. The number of hydrogen-bond acceptors (Lipinski definition) is 6. The summed E-state index contributed by atoms with van der Waals surface area (Å²) in [6.07, 6.45) is 1.27. The number of hydrogen-bond donors (Lipinski definition) is 1. The molecule has 0 saturated carbocycles. The second-order valence-electron chi connectivity index (χ2n) is 4.47. The summed E-state index contributed by atoms with van der Waals surface area (Å²) in [5.41, 5.74) is -0.815. The van der Waals surface area contributed by atoms with E-state index < -0.39 is 10.5 Å². The van der Waals surface area contributed by atoms with Crippen LogP contribution in [0.1, 0.15) is 19.4 Å². The number of nitriles is 1. The van der Waals surface area contributed by atoms with Gasteiger partial charge in [0.2, 0.25) is 5.82 Å². The maximum atomic E-state index is 11.0. The lowest BCUT2D eigenvalue weighted by atomic mass is 10.0. The van der Waals surface area contributed by atoms with Crippen LogP contribution in [0.4, 0.5) is 11.5 Å². The van der Waals surface area contributed by atoms with E-state index in [1.54, 1.807) is 27.0 Å². The van der Waals surface area contributed by atoms with Crippen molar-refractivity contribution in [3.05, 3.63) is 27.9 Å². The quantitative estimate of drug-likeness (QED) is 0.633. The number of rotatable bonds is 4. The SMILES string of the molecule is CN(c1ncc(C#N)cc1[N+](=O)[O-])C(C)(C)CO. The molecule has 1 aromatic heterocycles. The van der Waals surface area contributed by atoms with Gasteiger partial charge in [-0.05, 0) is 13.8 Å². The molecular weight excluding hydrogens is 236 g/mol. The van der Waals surface area contributed by atoms with Crippen LogP contribution >= 0.6 is 0 Å². The molecule has 96 valence electrons. The Morgan fingerprint density at radius 3 is 2.72 bits per heavy atom. The van der Waals surface area contributed by atoms with Crippen LogP contribution in [-0.2, 0) is 0 Å². The Morgan fingerprint density at radius 2 is 2.28 bits per heavy atom. The van der Waals surface area contributed by atoms with Gasteiger partial charge in [0.05, 0.1) is 22.6 Å². The van der Waals surface area contributed by atoms with Crippen LogP contribution in [-0.4, -0.2) is 34.2 Å². The molecule has 0 aromatic carbocycles. The fourth-order valence-electron chi connectivity index (χ4n) is 1.29. The van der Waals surface area contributed by atoms with Crippen LogP contribution in [0.2, 0.25) is 0 Å².